The molecular weight excluding hydrogens is 370 g/mol. The van der Waals surface area contributed by atoms with Crippen molar-refractivity contribution in [1.82, 2.24) is 9.88 Å². The second-order valence-electron chi connectivity index (χ2n) is 7.09. The van der Waals surface area contributed by atoms with Crippen LogP contribution in [0.3, 0.4) is 0 Å². The van der Waals surface area contributed by atoms with Crippen molar-refractivity contribution in [3.05, 3.63) is 45.7 Å². The molecule has 1 aliphatic rings. The van der Waals surface area contributed by atoms with Gasteiger partial charge < -0.3 is 20.4 Å². The molecule has 2 aromatic rings. The van der Waals surface area contributed by atoms with E-state index in [0.29, 0.717) is 17.2 Å². The highest BCUT2D eigenvalue weighted by Crippen LogP contribution is 2.29. The molecule has 1 aliphatic heterocycles. The standard InChI is InChI=1S/C21H21N5O3/c1-13-6-8-26(9-7-13)18(27)12-29-15-4-2-14(3-5-15)19-16(10-22)20(24)25-21(28)17(19)11-23/h2-5,13H,6-9,12H2,1H3,(H3,24,25,28). The number of carbonyl (C=O) groups excluding carboxylic acids is 1. The van der Waals surface area contributed by atoms with Crippen LogP contribution in [0.2, 0.25) is 0 Å². The Morgan fingerprint density at radius 3 is 2.41 bits per heavy atom. The topological polar surface area (TPSA) is 136 Å². The van der Waals surface area contributed by atoms with Gasteiger partial charge in [-0.05, 0) is 36.5 Å². The van der Waals surface area contributed by atoms with Crippen molar-refractivity contribution >= 4 is 11.7 Å². The van der Waals surface area contributed by atoms with Crippen molar-refractivity contribution in [2.24, 2.45) is 5.92 Å². The van der Waals surface area contributed by atoms with Crippen LogP contribution < -0.4 is 16.0 Å². The van der Waals surface area contributed by atoms with E-state index in [2.05, 4.69) is 11.9 Å². The minimum Gasteiger partial charge on any atom is -0.484 e. The SMILES string of the molecule is CC1CCN(C(=O)COc2ccc(-c3c(C#N)c(N)[nH]c(=O)c3C#N)cc2)CC1. The van der Waals surface area contributed by atoms with Crippen LogP contribution >= 0.6 is 0 Å². The van der Waals surface area contributed by atoms with E-state index >= 15 is 0 Å². The lowest BCUT2D eigenvalue weighted by atomic mass is 9.96. The molecule has 29 heavy (non-hydrogen) atoms. The molecule has 8 heteroatoms. The van der Waals surface area contributed by atoms with Gasteiger partial charge in [0.25, 0.3) is 11.5 Å². The van der Waals surface area contributed by atoms with Crippen molar-refractivity contribution < 1.29 is 9.53 Å². The van der Waals surface area contributed by atoms with Crippen molar-refractivity contribution in [2.75, 3.05) is 25.4 Å². The number of nitrogen functional groups attached to an aromatic ring is 1. The second-order valence-corrected chi connectivity index (χ2v) is 7.09. The number of anilines is 1. The fourth-order valence-electron chi connectivity index (χ4n) is 3.34. The highest BCUT2D eigenvalue weighted by Gasteiger charge is 2.21. The van der Waals surface area contributed by atoms with Crippen molar-refractivity contribution in [2.45, 2.75) is 19.8 Å². The molecule has 3 rings (SSSR count). The molecule has 0 aliphatic carbocycles. The van der Waals surface area contributed by atoms with E-state index in [1.807, 2.05) is 17.0 Å². The minimum absolute atomic E-state index is 0.0318. The molecule has 2 heterocycles. The van der Waals surface area contributed by atoms with Crippen LogP contribution in [-0.2, 0) is 4.79 Å². The smallest absolute Gasteiger partial charge is 0.268 e. The number of likely N-dealkylation sites (tertiary alicyclic amines) is 1. The first kappa shape index (κ1) is 20.0. The average molecular weight is 391 g/mol. The fraction of sp³-hybridized carbons (Fsp3) is 0.333. The molecule has 1 aromatic carbocycles. The number of aromatic nitrogens is 1. The number of nitrogens with one attached hydrogen (secondary N) is 1. The van der Waals surface area contributed by atoms with Gasteiger partial charge in [0.1, 0.15) is 34.8 Å². The van der Waals surface area contributed by atoms with E-state index in [9.17, 15) is 20.1 Å². The first-order valence-electron chi connectivity index (χ1n) is 9.31. The molecule has 8 nitrogen and oxygen atoms in total. The summed E-state index contributed by atoms with van der Waals surface area (Å²) in [6.45, 7) is 3.63. The largest absolute Gasteiger partial charge is 0.484 e. The lowest BCUT2D eigenvalue weighted by molar-refractivity contribution is -0.134. The number of H-pyrrole nitrogens is 1. The monoisotopic (exact) mass is 391 g/mol. The van der Waals surface area contributed by atoms with Gasteiger partial charge in [0.15, 0.2) is 6.61 Å². The quantitative estimate of drug-likeness (QED) is 0.818. The molecule has 1 saturated heterocycles. The zero-order valence-corrected chi connectivity index (χ0v) is 16.1. The molecule has 3 N–H and O–H groups in total. The highest BCUT2D eigenvalue weighted by molar-refractivity contribution is 5.80. The van der Waals surface area contributed by atoms with Crippen molar-refractivity contribution in [3.8, 4) is 29.0 Å². The lowest BCUT2D eigenvalue weighted by Gasteiger charge is -2.30. The Labute approximate surface area is 168 Å². The van der Waals surface area contributed by atoms with Gasteiger partial charge in [0.2, 0.25) is 0 Å². The predicted octanol–water partition coefficient (Wildman–Crippen LogP) is 2.00. The molecule has 0 saturated carbocycles. The number of piperidine rings is 1. The van der Waals surface area contributed by atoms with Gasteiger partial charge in [-0.1, -0.05) is 19.1 Å². The number of amides is 1. The predicted molar refractivity (Wildman–Crippen MR) is 107 cm³/mol. The second kappa shape index (κ2) is 8.49. The molecule has 0 unspecified atom stereocenters. The van der Waals surface area contributed by atoms with E-state index in [1.54, 1.807) is 24.3 Å². The van der Waals surface area contributed by atoms with Gasteiger partial charge in [-0.15, -0.1) is 0 Å². The number of nitrogens with two attached hydrogens (primary N) is 1. The molecule has 0 atom stereocenters. The molecule has 1 fully saturated rings. The summed E-state index contributed by atoms with van der Waals surface area (Å²) in [7, 11) is 0. The third-order valence-electron chi connectivity index (χ3n) is 5.11. The Morgan fingerprint density at radius 1 is 1.21 bits per heavy atom. The summed E-state index contributed by atoms with van der Waals surface area (Å²) in [6, 6.07) is 10.3. The fourth-order valence-corrected chi connectivity index (χ4v) is 3.34. The van der Waals surface area contributed by atoms with Crippen LogP contribution in [0.25, 0.3) is 11.1 Å². The van der Waals surface area contributed by atoms with Gasteiger partial charge in [-0.2, -0.15) is 10.5 Å². The lowest BCUT2D eigenvalue weighted by Crippen LogP contribution is -2.40. The maximum Gasteiger partial charge on any atom is 0.268 e. The number of carbonyl (C=O) groups is 1. The summed E-state index contributed by atoms with van der Waals surface area (Å²) >= 11 is 0. The van der Waals surface area contributed by atoms with Crippen LogP contribution in [0.1, 0.15) is 30.9 Å². The number of nitriles is 2. The normalized spacial score (nSPS) is 14.1. The van der Waals surface area contributed by atoms with Crippen molar-refractivity contribution in [1.29, 1.82) is 10.5 Å². The molecule has 148 valence electrons. The van der Waals surface area contributed by atoms with E-state index in [4.69, 9.17) is 10.5 Å². The zero-order valence-electron chi connectivity index (χ0n) is 16.1. The highest BCUT2D eigenvalue weighted by atomic mass is 16.5. The number of hydrogen-bond donors (Lipinski definition) is 2. The summed E-state index contributed by atoms with van der Waals surface area (Å²) in [4.78, 5) is 28.4. The Bertz CT molecular complexity index is 1050. The first-order chi connectivity index (χ1) is 13.9. The number of nitrogens with zero attached hydrogens (tertiary/aromatic N) is 3. The Kier molecular flexibility index (Phi) is 5.85. The Hall–Kier alpha value is -3.78. The summed E-state index contributed by atoms with van der Waals surface area (Å²) < 4.78 is 5.59. The summed E-state index contributed by atoms with van der Waals surface area (Å²) in [5, 5.41) is 18.7. The van der Waals surface area contributed by atoms with Crippen LogP contribution in [0.15, 0.2) is 29.1 Å². The summed E-state index contributed by atoms with van der Waals surface area (Å²) in [5.74, 6) is 0.973. The molecule has 0 radical (unpaired) electrons. The third kappa shape index (κ3) is 4.22. The van der Waals surface area contributed by atoms with Crippen molar-refractivity contribution in [3.63, 3.8) is 0 Å². The number of benzene rings is 1. The maximum absolute atomic E-state index is 12.3. The van der Waals surface area contributed by atoms with Gasteiger partial charge in [0, 0.05) is 18.7 Å². The van der Waals surface area contributed by atoms with Gasteiger partial charge in [-0.25, -0.2) is 0 Å². The zero-order chi connectivity index (χ0) is 21.0. The van der Waals surface area contributed by atoms with Crippen LogP contribution in [-0.4, -0.2) is 35.5 Å². The van der Waals surface area contributed by atoms with Crippen LogP contribution in [0, 0.1) is 28.6 Å². The molecular formula is C21H21N5O3. The van der Waals surface area contributed by atoms with Gasteiger partial charge in [0.05, 0.1) is 0 Å². The van der Waals surface area contributed by atoms with E-state index in [-0.39, 0.29) is 35.0 Å². The summed E-state index contributed by atoms with van der Waals surface area (Å²) in [6.07, 6.45) is 2.00. The van der Waals surface area contributed by atoms with E-state index in [1.165, 1.54) is 0 Å². The Balaban J connectivity index is 1.76. The first-order valence-corrected chi connectivity index (χ1v) is 9.31. The average Bonchev–Trinajstić information content (AvgIpc) is 2.72. The number of hydrogen-bond acceptors (Lipinski definition) is 6. The van der Waals surface area contributed by atoms with Crippen LogP contribution in [0.5, 0.6) is 5.75 Å². The molecule has 1 aromatic heterocycles. The van der Waals surface area contributed by atoms with Gasteiger partial charge >= 0.3 is 0 Å². The molecule has 1 amide bonds. The minimum atomic E-state index is -0.652. The van der Waals surface area contributed by atoms with E-state index in [0.717, 1.165) is 25.9 Å². The van der Waals surface area contributed by atoms with Crippen LogP contribution in [0.4, 0.5) is 5.82 Å². The van der Waals surface area contributed by atoms with E-state index < -0.39 is 5.56 Å². The Morgan fingerprint density at radius 2 is 1.83 bits per heavy atom. The number of ether oxygens (including phenoxy) is 1. The molecule has 0 bridgehead atoms. The van der Waals surface area contributed by atoms with Gasteiger partial charge in [-0.3, -0.25) is 9.59 Å². The number of rotatable bonds is 4. The third-order valence-corrected chi connectivity index (χ3v) is 5.11. The number of aromatic amines is 1. The molecule has 0 spiro atoms. The number of pyridine rings is 1. The maximum atomic E-state index is 12.3. The summed E-state index contributed by atoms with van der Waals surface area (Å²) in [5.41, 5.74) is 5.60.